The minimum absolute atomic E-state index is 0.0141. The molecule has 2 amide bonds. The van der Waals surface area contributed by atoms with Crippen LogP contribution in [0.5, 0.6) is 5.75 Å². The van der Waals surface area contributed by atoms with Gasteiger partial charge in [0.15, 0.2) is 12.1 Å². The molecule has 0 aromatic heterocycles. The molecule has 2 atom stereocenters. The van der Waals surface area contributed by atoms with Gasteiger partial charge in [0.05, 0.1) is 20.2 Å². The molecule has 39 heavy (non-hydrogen) atoms. The van der Waals surface area contributed by atoms with Gasteiger partial charge in [-0.25, -0.2) is 19.4 Å². The average molecular weight is 542 g/mol. The van der Waals surface area contributed by atoms with Crippen LogP contribution in [0.1, 0.15) is 31.9 Å². The van der Waals surface area contributed by atoms with Crippen LogP contribution in [0.2, 0.25) is 0 Å². The van der Waals surface area contributed by atoms with E-state index in [-0.39, 0.29) is 19.0 Å². The zero-order valence-electron chi connectivity index (χ0n) is 22.5. The van der Waals surface area contributed by atoms with Crippen molar-refractivity contribution in [2.24, 2.45) is 16.5 Å². The van der Waals surface area contributed by atoms with Crippen molar-refractivity contribution < 1.29 is 33.3 Å². The second-order valence-corrected chi connectivity index (χ2v) is 9.90. The Morgan fingerprint density at radius 3 is 2.33 bits per heavy atom. The van der Waals surface area contributed by atoms with E-state index in [2.05, 4.69) is 10.3 Å². The summed E-state index contributed by atoms with van der Waals surface area (Å²) in [5.41, 5.74) is 12.4. The third kappa shape index (κ3) is 9.09. The fourth-order valence-corrected chi connectivity index (χ4v) is 3.72. The molecule has 1 heterocycles. The lowest BCUT2D eigenvalue weighted by atomic mass is 10.1. The Bertz CT molecular complexity index is 1170. The Morgan fingerprint density at radius 1 is 1.10 bits per heavy atom. The van der Waals surface area contributed by atoms with Gasteiger partial charge in [0.2, 0.25) is 0 Å². The fraction of sp³-hybridized carbons (Fsp3) is 0.407. The minimum atomic E-state index is -0.916. The number of carbonyl (C=O) groups excluding carboxylic acids is 3. The number of amides is 2. The molecule has 0 aliphatic carbocycles. The van der Waals surface area contributed by atoms with Crippen LogP contribution in [0.15, 0.2) is 53.5 Å². The first-order chi connectivity index (χ1) is 18.4. The van der Waals surface area contributed by atoms with Crippen LogP contribution in [0, 0.1) is 0 Å². The van der Waals surface area contributed by atoms with Crippen LogP contribution < -0.4 is 26.4 Å². The van der Waals surface area contributed by atoms with E-state index < -0.39 is 35.9 Å². The summed E-state index contributed by atoms with van der Waals surface area (Å²) < 4.78 is 21.3. The molecule has 1 fully saturated rings. The Balaban J connectivity index is 1.52. The maximum absolute atomic E-state index is 12.4. The number of cyclic esters (lactones) is 1. The van der Waals surface area contributed by atoms with Gasteiger partial charge >= 0.3 is 18.2 Å². The van der Waals surface area contributed by atoms with Crippen molar-refractivity contribution in [3.8, 4) is 5.75 Å². The van der Waals surface area contributed by atoms with Crippen LogP contribution in [0.3, 0.4) is 0 Å². The highest BCUT2D eigenvalue weighted by atomic mass is 16.6. The number of nitrogens with one attached hydrogen (secondary N) is 1. The van der Waals surface area contributed by atoms with E-state index in [0.29, 0.717) is 24.5 Å². The first kappa shape index (κ1) is 29.1. The molecule has 0 saturated carbocycles. The number of ether oxygens (including phenoxy) is 4. The number of guanidine groups is 1. The van der Waals surface area contributed by atoms with E-state index in [1.807, 2.05) is 12.1 Å². The van der Waals surface area contributed by atoms with Crippen LogP contribution in [0.25, 0.3) is 0 Å². The van der Waals surface area contributed by atoms with E-state index in [1.54, 1.807) is 57.2 Å². The topological polar surface area (TPSA) is 168 Å². The van der Waals surface area contributed by atoms with Crippen LogP contribution in [-0.4, -0.2) is 62.1 Å². The van der Waals surface area contributed by atoms with Crippen molar-refractivity contribution in [2.75, 3.05) is 25.2 Å². The first-order valence-electron chi connectivity index (χ1n) is 12.3. The Hall–Kier alpha value is -4.48. The maximum atomic E-state index is 12.4. The molecule has 2 aromatic carbocycles. The van der Waals surface area contributed by atoms with Crippen molar-refractivity contribution in [1.82, 2.24) is 5.32 Å². The van der Waals surface area contributed by atoms with E-state index in [1.165, 1.54) is 12.0 Å². The maximum Gasteiger partial charge on any atom is 0.414 e. The van der Waals surface area contributed by atoms with Gasteiger partial charge in [-0.05, 0) is 56.2 Å². The van der Waals surface area contributed by atoms with Crippen molar-refractivity contribution in [3.63, 3.8) is 0 Å². The largest absolute Gasteiger partial charge is 0.490 e. The molecule has 0 radical (unpaired) electrons. The van der Waals surface area contributed by atoms with Gasteiger partial charge in [0, 0.05) is 12.1 Å². The van der Waals surface area contributed by atoms with Crippen molar-refractivity contribution in [3.05, 3.63) is 59.7 Å². The molecular weight excluding hydrogens is 506 g/mol. The van der Waals surface area contributed by atoms with E-state index in [0.717, 1.165) is 11.1 Å². The standard InChI is InChI=1S/C27H35N5O7/c1-27(2,3)39-25(34)31-22(23(33)36-4)13-17-7-11-20(12-8-17)37-16-21-15-32(26(35)38-21)19-9-5-18(6-10-19)14-30-24(28)29/h5-12,21-22H,13-16H2,1-4H3,(H,31,34)(H4,28,29,30). The zero-order chi connectivity index (χ0) is 28.6. The van der Waals surface area contributed by atoms with Gasteiger partial charge in [-0.2, -0.15) is 0 Å². The number of nitrogens with zero attached hydrogens (tertiary/aromatic N) is 2. The van der Waals surface area contributed by atoms with E-state index >= 15 is 0 Å². The second-order valence-electron chi connectivity index (χ2n) is 9.90. The molecule has 1 aliphatic rings. The molecule has 1 saturated heterocycles. The summed E-state index contributed by atoms with van der Waals surface area (Å²) in [6, 6.07) is 13.4. The lowest BCUT2D eigenvalue weighted by Crippen LogP contribution is -2.45. The van der Waals surface area contributed by atoms with Gasteiger partial charge in [-0.1, -0.05) is 24.3 Å². The Labute approximate surface area is 227 Å². The van der Waals surface area contributed by atoms with Crippen molar-refractivity contribution in [1.29, 1.82) is 0 Å². The Kier molecular flexibility index (Phi) is 9.58. The van der Waals surface area contributed by atoms with E-state index in [9.17, 15) is 14.4 Å². The first-order valence-corrected chi connectivity index (χ1v) is 12.3. The number of nitrogens with two attached hydrogens (primary N) is 2. The number of carbonyl (C=O) groups is 3. The average Bonchev–Trinajstić information content (AvgIpc) is 3.25. The molecular formula is C27H35N5O7. The quantitative estimate of drug-likeness (QED) is 0.177. The SMILES string of the molecule is COC(=O)C(Cc1ccc(OCC2CN(c3ccc(CN=C(N)N)cc3)C(=O)O2)cc1)NC(=O)OC(C)(C)C. The fourth-order valence-electron chi connectivity index (χ4n) is 3.72. The third-order valence-electron chi connectivity index (χ3n) is 5.54. The van der Waals surface area contributed by atoms with Gasteiger partial charge in [-0.3, -0.25) is 4.90 Å². The number of methoxy groups -OCH3 is 1. The predicted octanol–water partition coefficient (Wildman–Crippen LogP) is 2.47. The highest BCUT2D eigenvalue weighted by Gasteiger charge is 2.33. The molecule has 2 aromatic rings. The molecule has 0 bridgehead atoms. The highest BCUT2D eigenvalue weighted by molar-refractivity contribution is 5.89. The smallest absolute Gasteiger partial charge is 0.414 e. The summed E-state index contributed by atoms with van der Waals surface area (Å²) in [5.74, 6) is -0.00971. The summed E-state index contributed by atoms with van der Waals surface area (Å²) in [5, 5.41) is 2.55. The number of aliphatic imine (C=N–C) groups is 1. The molecule has 3 rings (SSSR count). The summed E-state index contributed by atoms with van der Waals surface area (Å²) in [4.78, 5) is 42.2. The number of anilines is 1. The van der Waals surface area contributed by atoms with Crippen LogP contribution >= 0.6 is 0 Å². The monoisotopic (exact) mass is 541 g/mol. The van der Waals surface area contributed by atoms with Gasteiger partial charge in [-0.15, -0.1) is 0 Å². The number of rotatable bonds is 10. The van der Waals surface area contributed by atoms with Crippen molar-refractivity contribution >= 4 is 29.8 Å². The molecule has 0 spiro atoms. The normalized spacial score (nSPS) is 15.6. The molecule has 2 unspecified atom stereocenters. The lowest BCUT2D eigenvalue weighted by Gasteiger charge is -2.22. The Morgan fingerprint density at radius 2 is 1.74 bits per heavy atom. The van der Waals surface area contributed by atoms with E-state index in [4.69, 9.17) is 30.4 Å². The molecule has 5 N–H and O–H groups in total. The third-order valence-corrected chi connectivity index (χ3v) is 5.54. The molecule has 12 nitrogen and oxygen atoms in total. The van der Waals surface area contributed by atoms with Crippen LogP contribution in [-0.2, 0) is 32.0 Å². The summed E-state index contributed by atoms with van der Waals surface area (Å²) >= 11 is 0. The van der Waals surface area contributed by atoms with Gasteiger partial charge < -0.3 is 35.7 Å². The zero-order valence-corrected chi connectivity index (χ0v) is 22.5. The lowest BCUT2D eigenvalue weighted by molar-refractivity contribution is -0.143. The van der Waals surface area contributed by atoms with Crippen molar-refractivity contribution in [2.45, 2.75) is 51.5 Å². The highest BCUT2D eigenvalue weighted by Crippen LogP contribution is 2.23. The second kappa shape index (κ2) is 12.9. The van der Waals surface area contributed by atoms with Crippen LogP contribution in [0.4, 0.5) is 15.3 Å². The number of hydrogen-bond donors (Lipinski definition) is 3. The summed E-state index contributed by atoms with van der Waals surface area (Å²) in [6.45, 7) is 6.05. The molecule has 210 valence electrons. The molecule has 1 aliphatic heterocycles. The number of benzene rings is 2. The summed E-state index contributed by atoms with van der Waals surface area (Å²) in [6.07, 6.45) is -1.42. The predicted molar refractivity (Wildman–Crippen MR) is 144 cm³/mol. The number of hydrogen-bond acceptors (Lipinski definition) is 8. The van der Waals surface area contributed by atoms with Gasteiger partial charge in [0.1, 0.15) is 24.0 Å². The number of alkyl carbamates (subject to hydrolysis) is 1. The van der Waals surface area contributed by atoms with Gasteiger partial charge in [0.25, 0.3) is 0 Å². The number of esters is 1. The minimum Gasteiger partial charge on any atom is -0.490 e. The molecule has 12 heteroatoms. The summed E-state index contributed by atoms with van der Waals surface area (Å²) in [7, 11) is 1.25.